The summed E-state index contributed by atoms with van der Waals surface area (Å²) in [4.78, 5) is 19.6. The van der Waals surface area contributed by atoms with Crippen LogP contribution in [0.1, 0.15) is 28.9 Å². The lowest BCUT2D eigenvalue weighted by Crippen LogP contribution is -2.22. The summed E-state index contributed by atoms with van der Waals surface area (Å²) < 4.78 is 5.38. The van der Waals surface area contributed by atoms with Gasteiger partial charge in [-0.1, -0.05) is 18.5 Å². The van der Waals surface area contributed by atoms with E-state index in [-0.39, 0.29) is 17.6 Å². The lowest BCUT2D eigenvalue weighted by molar-refractivity contribution is 0.0947. The van der Waals surface area contributed by atoms with E-state index in [1.54, 1.807) is 12.3 Å². The van der Waals surface area contributed by atoms with Gasteiger partial charge in [-0.05, 0) is 12.1 Å². The third-order valence-corrected chi connectivity index (χ3v) is 2.55. The average Bonchev–Trinajstić information content (AvgIpc) is 2.84. The molecule has 0 aromatic carbocycles. The van der Waals surface area contributed by atoms with E-state index in [9.17, 15) is 4.79 Å². The van der Waals surface area contributed by atoms with Gasteiger partial charge in [0, 0.05) is 18.2 Å². The average molecular weight is 266 g/mol. The molecule has 0 spiro atoms. The van der Waals surface area contributed by atoms with E-state index in [1.165, 1.54) is 12.3 Å². The van der Waals surface area contributed by atoms with Gasteiger partial charge in [0.2, 0.25) is 5.89 Å². The summed E-state index contributed by atoms with van der Waals surface area (Å²) in [5, 5.41) is 2.98. The standard InChI is InChI=1S/C12H12ClN3O2/c1-2-9-6-15-11(18-9)7-16-12(17)8-3-4-14-10(13)5-8/h3-6H,2,7H2,1H3,(H,16,17). The van der Waals surface area contributed by atoms with Crippen LogP contribution in [0.3, 0.4) is 0 Å². The second-order valence-electron chi connectivity index (χ2n) is 3.62. The molecule has 2 aromatic heterocycles. The molecule has 5 nitrogen and oxygen atoms in total. The number of carbonyl (C=O) groups is 1. The topological polar surface area (TPSA) is 68.0 Å². The molecule has 0 atom stereocenters. The van der Waals surface area contributed by atoms with E-state index in [4.69, 9.17) is 16.0 Å². The van der Waals surface area contributed by atoms with Crippen LogP contribution in [0.25, 0.3) is 0 Å². The van der Waals surface area contributed by atoms with Crippen LogP contribution >= 0.6 is 11.6 Å². The van der Waals surface area contributed by atoms with Crippen molar-refractivity contribution < 1.29 is 9.21 Å². The molecule has 0 aliphatic heterocycles. The Morgan fingerprint density at radius 2 is 2.33 bits per heavy atom. The van der Waals surface area contributed by atoms with Crippen molar-refractivity contribution in [1.82, 2.24) is 15.3 Å². The summed E-state index contributed by atoms with van der Waals surface area (Å²) in [7, 11) is 0. The summed E-state index contributed by atoms with van der Waals surface area (Å²) in [6.07, 6.45) is 3.92. The lowest BCUT2D eigenvalue weighted by atomic mass is 10.2. The van der Waals surface area contributed by atoms with Crippen molar-refractivity contribution in [2.45, 2.75) is 19.9 Å². The fraction of sp³-hybridized carbons (Fsp3) is 0.250. The van der Waals surface area contributed by atoms with Gasteiger partial charge in [0.1, 0.15) is 10.9 Å². The summed E-state index contributed by atoms with van der Waals surface area (Å²) in [6, 6.07) is 3.10. The molecule has 0 aliphatic carbocycles. The number of hydrogen-bond donors (Lipinski definition) is 1. The Balaban J connectivity index is 1.96. The minimum Gasteiger partial charge on any atom is -0.444 e. The van der Waals surface area contributed by atoms with Gasteiger partial charge in [0.25, 0.3) is 5.91 Å². The van der Waals surface area contributed by atoms with Crippen LogP contribution < -0.4 is 5.32 Å². The van der Waals surface area contributed by atoms with E-state index >= 15 is 0 Å². The molecule has 0 saturated heterocycles. The van der Waals surface area contributed by atoms with Gasteiger partial charge < -0.3 is 9.73 Å². The third-order valence-electron chi connectivity index (χ3n) is 2.34. The van der Waals surface area contributed by atoms with Crippen molar-refractivity contribution in [3.8, 4) is 0 Å². The zero-order valence-corrected chi connectivity index (χ0v) is 10.6. The van der Waals surface area contributed by atoms with Gasteiger partial charge in [0.05, 0.1) is 12.7 Å². The molecule has 18 heavy (non-hydrogen) atoms. The van der Waals surface area contributed by atoms with Crippen LogP contribution in [0.15, 0.2) is 28.9 Å². The minimum absolute atomic E-state index is 0.240. The van der Waals surface area contributed by atoms with Crippen LogP contribution in [0.2, 0.25) is 5.15 Å². The van der Waals surface area contributed by atoms with Crippen molar-refractivity contribution in [1.29, 1.82) is 0 Å². The molecule has 94 valence electrons. The Morgan fingerprint density at radius 1 is 1.50 bits per heavy atom. The van der Waals surface area contributed by atoms with Crippen LogP contribution in [-0.2, 0) is 13.0 Å². The van der Waals surface area contributed by atoms with E-state index in [2.05, 4.69) is 15.3 Å². The van der Waals surface area contributed by atoms with Crippen LogP contribution in [0.4, 0.5) is 0 Å². The van der Waals surface area contributed by atoms with E-state index in [0.29, 0.717) is 11.5 Å². The molecule has 0 radical (unpaired) electrons. The molecule has 2 aromatic rings. The second kappa shape index (κ2) is 5.64. The Hall–Kier alpha value is -1.88. The number of carbonyl (C=O) groups excluding carboxylic acids is 1. The quantitative estimate of drug-likeness (QED) is 0.861. The predicted octanol–water partition coefficient (Wildman–Crippen LogP) is 2.22. The van der Waals surface area contributed by atoms with Gasteiger partial charge in [-0.25, -0.2) is 9.97 Å². The molecule has 0 fully saturated rings. The van der Waals surface area contributed by atoms with Crippen LogP contribution in [0.5, 0.6) is 0 Å². The van der Waals surface area contributed by atoms with Crippen molar-refractivity contribution in [2.75, 3.05) is 0 Å². The first kappa shape index (κ1) is 12.6. The maximum atomic E-state index is 11.8. The highest BCUT2D eigenvalue weighted by Gasteiger charge is 2.08. The first-order valence-corrected chi connectivity index (χ1v) is 5.90. The predicted molar refractivity (Wildman–Crippen MR) is 66.3 cm³/mol. The van der Waals surface area contributed by atoms with Crippen LogP contribution in [0, 0.1) is 0 Å². The van der Waals surface area contributed by atoms with Gasteiger partial charge in [0.15, 0.2) is 0 Å². The Kier molecular flexibility index (Phi) is 3.94. The molecule has 1 amide bonds. The number of aryl methyl sites for hydroxylation is 1. The number of amides is 1. The second-order valence-corrected chi connectivity index (χ2v) is 4.01. The number of aromatic nitrogens is 2. The lowest BCUT2D eigenvalue weighted by Gasteiger charge is -2.02. The normalized spacial score (nSPS) is 10.3. The molecule has 0 unspecified atom stereocenters. The summed E-state index contributed by atoms with van der Waals surface area (Å²) in [6.45, 7) is 2.22. The maximum Gasteiger partial charge on any atom is 0.251 e. The molecule has 2 rings (SSSR count). The number of pyridine rings is 1. The Bertz CT molecular complexity index is 554. The molecular formula is C12H12ClN3O2. The monoisotopic (exact) mass is 265 g/mol. The number of hydrogen-bond acceptors (Lipinski definition) is 4. The summed E-state index contributed by atoms with van der Waals surface area (Å²) in [5.74, 6) is 1.04. The SMILES string of the molecule is CCc1cnc(CNC(=O)c2ccnc(Cl)c2)o1. The molecule has 6 heteroatoms. The summed E-state index contributed by atoms with van der Waals surface area (Å²) >= 11 is 5.71. The largest absolute Gasteiger partial charge is 0.444 e. The van der Waals surface area contributed by atoms with Crippen molar-refractivity contribution in [3.05, 3.63) is 46.9 Å². The van der Waals surface area contributed by atoms with Gasteiger partial charge in [-0.3, -0.25) is 4.79 Å². The Labute approximate surface area is 109 Å². The van der Waals surface area contributed by atoms with Crippen molar-refractivity contribution in [2.24, 2.45) is 0 Å². The van der Waals surface area contributed by atoms with E-state index in [0.717, 1.165) is 12.2 Å². The number of rotatable bonds is 4. The van der Waals surface area contributed by atoms with Gasteiger partial charge in [-0.2, -0.15) is 0 Å². The first-order chi connectivity index (χ1) is 8.69. The fourth-order valence-corrected chi connectivity index (χ4v) is 1.57. The molecule has 2 heterocycles. The third kappa shape index (κ3) is 3.07. The molecular weight excluding hydrogens is 254 g/mol. The van der Waals surface area contributed by atoms with Crippen LogP contribution in [-0.4, -0.2) is 15.9 Å². The highest BCUT2D eigenvalue weighted by Crippen LogP contribution is 2.08. The molecule has 0 bridgehead atoms. The van der Waals surface area contributed by atoms with E-state index in [1.807, 2.05) is 6.92 Å². The maximum absolute atomic E-state index is 11.8. The molecule has 0 saturated carbocycles. The number of nitrogens with one attached hydrogen (secondary N) is 1. The molecule has 0 aliphatic rings. The summed E-state index contributed by atoms with van der Waals surface area (Å²) in [5.41, 5.74) is 0.456. The van der Waals surface area contributed by atoms with Crippen molar-refractivity contribution in [3.63, 3.8) is 0 Å². The highest BCUT2D eigenvalue weighted by atomic mass is 35.5. The van der Waals surface area contributed by atoms with Crippen molar-refractivity contribution >= 4 is 17.5 Å². The van der Waals surface area contributed by atoms with Gasteiger partial charge >= 0.3 is 0 Å². The zero-order chi connectivity index (χ0) is 13.0. The minimum atomic E-state index is -0.240. The first-order valence-electron chi connectivity index (χ1n) is 5.52. The number of oxazole rings is 1. The Morgan fingerprint density at radius 3 is 3.00 bits per heavy atom. The number of halogens is 1. The highest BCUT2D eigenvalue weighted by molar-refractivity contribution is 6.29. The fourth-order valence-electron chi connectivity index (χ4n) is 1.39. The van der Waals surface area contributed by atoms with Gasteiger partial charge in [-0.15, -0.1) is 0 Å². The molecule has 1 N–H and O–H groups in total. The zero-order valence-electron chi connectivity index (χ0n) is 9.81. The van der Waals surface area contributed by atoms with E-state index < -0.39 is 0 Å². The smallest absolute Gasteiger partial charge is 0.251 e. The number of nitrogens with zero attached hydrogens (tertiary/aromatic N) is 2.